The van der Waals surface area contributed by atoms with E-state index in [4.69, 9.17) is 9.47 Å². The van der Waals surface area contributed by atoms with E-state index in [1.54, 1.807) is 7.11 Å². The van der Waals surface area contributed by atoms with Crippen LogP contribution in [0, 0.1) is 0 Å². The van der Waals surface area contributed by atoms with Gasteiger partial charge in [-0.25, -0.2) is 4.79 Å². The fourth-order valence-electron chi connectivity index (χ4n) is 3.39. The van der Waals surface area contributed by atoms with Gasteiger partial charge in [-0.15, -0.1) is 0 Å². The third-order valence-electron chi connectivity index (χ3n) is 4.99. The highest BCUT2D eigenvalue weighted by Crippen LogP contribution is 2.24. The minimum atomic E-state index is -0.226. The molecule has 1 heterocycles. The van der Waals surface area contributed by atoms with Crippen LogP contribution in [-0.4, -0.2) is 30.7 Å². The van der Waals surface area contributed by atoms with E-state index in [-0.39, 0.29) is 12.1 Å². The summed E-state index contributed by atoms with van der Waals surface area (Å²) in [5, 5.41) is 0. The summed E-state index contributed by atoms with van der Waals surface area (Å²) in [6.45, 7) is 3.12. The number of carbonyl (C=O) groups is 1. The maximum Gasteiger partial charge on any atom is 0.410 e. The van der Waals surface area contributed by atoms with Crippen LogP contribution in [0.15, 0.2) is 42.2 Å². The normalized spacial score (nSPS) is 16.9. The molecular formula is C22H33NO3. The number of unbranched alkanes of at least 4 members (excludes halogenated alkanes) is 5. The molecule has 4 nitrogen and oxygen atoms in total. The standard InChI is InChI=1S/C22H33NO3/c1-3-4-5-6-7-11-14-20-17-21(25-2)15-16-23(20)22(24)26-18-19-12-9-8-10-13-19/h8-10,12-13,15,20H,3-7,11,14,16-18H2,1-2H3. The molecule has 1 aliphatic rings. The predicted octanol–water partition coefficient (Wildman–Crippen LogP) is 5.68. The lowest BCUT2D eigenvalue weighted by molar-refractivity contribution is 0.0741. The summed E-state index contributed by atoms with van der Waals surface area (Å²) in [5.41, 5.74) is 1.01. The Balaban J connectivity index is 1.83. The minimum absolute atomic E-state index is 0.171. The number of benzene rings is 1. The first-order valence-corrected chi connectivity index (χ1v) is 9.95. The molecule has 1 amide bonds. The first-order chi connectivity index (χ1) is 12.7. The average Bonchev–Trinajstić information content (AvgIpc) is 2.69. The van der Waals surface area contributed by atoms with E-state index in [0.29, 0.717) is 13.2 Å². The van der Waals surface area contributed by atoms with Crippen molar-refractivity contribution >= 4 is 6.09 Å². The number of rotatable bonds is 10. The van der Waals surface area contributed by atoms with E-state index in [1.807, 2.05) is 41.3 Å². The van der Waals surface area contributed by atoms with E-state index >= 15 is 0 Å². The first kappa shape index (κ1) is 20.3. The monoisotopic (exact) mass is 359 g/mol. The van der Waals surface area contributed by atoms with Crippen LogP contribution in [0.2, 0.25) is 0 Å². The van der Waals surface area contributed by atoms with Crippen LogP contribution in [-0.2, 0) is 16.1 Å². The molecule has 0 bridgehead atoms. The molecule has 0 N–H and O–H groups in total. The molecule has 26 heavy (non-hydrogen) atoms. The second-order valence-corrected chi connectivity index (χ2v) is 6.98. The lowest BCUT2D eigenvalue weighted by Crippen LogP contribution is -2.43. The number of nitrogens with zero attached hydrogens (tertiary/aromatic N) is 1. The van der Waals surface area contributed by atoms with Gasteiger partial charge in [0.15, 0.2) is 0 Å². The average molecular weight is 360 g/mol. The van der Waals surface area contributed by atoms with Crippen LogP contribution in [0.5, 0.6) is 0 Å². The van der Waals surface area contributed by atoms with Crippen molar-refractivity contribution in [3.8, 4) is 0 Å². The minimum Gasteiger partial charge on any atom is -0.501 e. The zero-order valence-corrected chi connectivity index (χ0v) is 16.3. The highest BCUT2D eigenvalue weighted by molar-refractivity contribution is 5.68. The van der Waals surface area contributed by atoms with Crippen LogP contribution in [0.1, 0.15) is 63.9 Å². The number of hydrogen-bond acceptors (Lipinski definition) is 3. The Morgan fingerprint density at radius 1 is 1.12 bits per heavy atom. The maximum absolute atomic E-state index is 12.6. The largest absolute Gasteiger partial charge is 0.501 e. The van der Waals surface area contributed by atoms with Gasteiger partial charge >= 0.3 is 6.09 Å². The smallest absolute Gasteiger partial charge is 0.410 e. The summed E-state index contributed by atoms with van der Waals surface area (Å²) in [5.74, 6) is 0.980. The molecule has 0 saturated carbocycles. The first-order valence-electron chi connectivity index (χ1n) is 9.95. The fourth-order valence-corrected chi connectivity index (χ4v) is 3.39. The molecule has 1 aromatic carbocycles. The van der Waals surface area contributed by atoms with Crippen LogP contribution in [0.3, 0.4) is 0 Å². The van der Waals surface area contributed by atoms with Gasteiger partial charge in [0.25, 0.3) is 0 Å². The van der Waals surface area contributed by atoms with Crippen molar-refractivity contribution in [3.63, 3.8) is 0 Å². The van der Waals surface area contributed by atoms with Crippen molar-refractivity contribution in [2.75, 3.05) is 13.7 Å². The van der Waals surface area contributed by atoms with Crippen LogP contribution < -0.4 is 0 Å². The highest BCUT2D eigenvalue weighted by Gasteiger charge is 2.28. The molecule has 144 valence electrons. The van der Waals surface area contributed by atoms with Crippen LogP contribution in [0.4, 0.5) is 4.79 Å². The predicted molar refractivity (Wildman–Crippen MR) is 105 cm³/mol. The summed E-state index contributed by atoms with van der Waals surface area (Å²) < 4.78 is 11.0. The van der Waals surface area contributed by atoms with Gasteiger partial charge in [-0.1, -0.05) is 75.8 Å². The fraction of sp³-hybridized carbons (Fsp3) is 0.591. The van der Waals surface area contributed by atoms with E-state index in [9.17, 15) is 4.79 Å². The van der Waals surface area contributed by atoms with Crippen LogP contribution in [0.25, 0.3) is 0 Å². The lowest BCUT2D eigenvalue weighted by atomic mass is 9.99. The Hall–Kier alpha value is -1.97. The van der Waals surface area contributed by atoms with Gasteiger partial charge in [0.2, 0.25) is 0 Å². The Bertz CT molecular complexity index is 556. The third-order valence-corrected chi connectivity index (χ3v) is 4.99. The number of hydrogen-bond donors (Lipinski definition) is 0. The number of ether oxygens (including phenoxy) is 2. The van der Waals surface area contributed by atoms with Gasteiger partial charge in [-0.3, -0.25) is 0 Å². The van der Waals surface area contributed by atoms with Crippen molar-refractivity contribution in [1.29, 1.82) is 0 Å². The number of carbonyl (C=O) groups excluding carboxylic acids is 1. The third kappa shape index (κ3) is 6.74. The van der Waals surface area contributed by atoms with Gasteiger partial charge in [0, 0.05) is 19.0 Å². The van der Waals surface area contributed by atoms with Crippen molar-refractivity contribution < 1.29 is 14.3 Å². The van der Waals surface area contributed by atoms with Gasteiger partial charge in [0.1, 0.15) is 6.61 Å². The van der Waals surface area contributed by atoms with E-state index in [0.717, 1.165) is 30.6 Å². The summed E-state index contributed by atoms with van der Waals surface area (Å²) in [4.78, 5) is 14.4. The highest BCUT2D eigenvalue weighted by atomic mass is 16.6. The Morgan fingerprint density at radius 2 is 1.85 bits per heavy atom. The van der Waals surface area contributed by atoms with Crippen molar-refractivity contribution in [2.45, 2.75) is 70.9 Å². The van der Waals surface area contributed by atoms with Crippen molar-refractivity contribution in [3.05, 3.63) is 47.7 Å². The Labute approximate surface area is 158 Å². The molecule has 0 spiro atoms. The SMILES string of the molecule is CCCCCCCCC1CC(OC)=CCN1C(=O)OCc1ccccc1. The molecule has 2 rings (SSSR count). The maximum atomic E-state index is 12.6. The second kappa shape index (κ2) is 11.6. The van der Waals surface area contributed by atoms with Gasteiger partial charge in [-0.05, 0) is 18.1 Å². The molecule has 1 aromatic rings. The van der Waals surface area contributed by atoms with Gasteiger partial charge in [-0.2, -0.15) is 0 Å². The topological polar surface area (TPSA) is 38.8 Å². The zero-order chi connectivity index (χ0) is 18.6. The second-order valence-electron chi connectivity index (χ2n) is 6.98. The number of methoxy groups -OCH3 is 1. The molecule has 0 aromatic heterocycles. The molecule has 0 aliphatic carbocycles. The summed E-state index contributed by atoms with van der Waals surface area (Å²) in [7, 11) is 1.71. The summed E-state index contributed by atoms with van der Waals surface area (Å²) in [6.07, 6.45) is 11.1. The molecule has 0 fully saturated rings. The van der Waals surface area contributed by atoms with E-state index in [1.165, 1.54) is 32.1 Å². The number of amides is 1. The zero-order valence-electron chi connectivity index (χ0n) is 16.3. The molecule has 0 radical (unpaired) electrons. The lowest BCUT2D eigenvalue weighted by Gasteiger charge is -2.34. The molecule has 1 unspecified atom stereocenters. The van der Waals surface area contributed by atoms with E-state index in [2.05, 4.69) is 6.92 Å². The molecule has 1 aliphatic heterocycles. The van der Waals surface area contributed by atoms with Gasteiger partial charge < -0.3 is 14.4 Å². The molecular weight excluding hydrogens is 326 g/mol. The van der Waals surface area contributed by atoms with Gasteiger partial charge in [0.05, 0.1) is 12.9 Å². The molecule has 0 saturated heterocycles. The van der Waals surface area contributed by atoms with Crippen LogP contribution >= 0.6 is 0 Å². The van der Waals surface area contributed by atoms with Crippen molar-refractivity contribution in [1.82, 2.24) is 4.90 Å². The Morgan fingerprint density at radius 3 is 2.58 bits per heavy atom. The van der Waals surface area contributed by atoms with Crippen molar-refractivity contribution in [2.24, 2.45) is 0 Å². The van der Waals surface area contributed by atoms with E-state index < -0.39 is 0 Å². The molecule has 1 atom stereocenters. The Kier molecular flexibility index (Phi) is 9.08. The summed E-state index contributed by atoms with van der Waals surface area (Å²) >= 11 is 0. The quantitative estimate of drug-likeness (QED) is 0.505. The molecule has 4 heteroatoms. The summed E-state index contributed by atoms with van der Waals surface area (Å²) in [6, 6.07) is 9.99.